The number of hydrogen-bond donors (Lipinski definition) is 7. The average Bonchev–Trinajstić information content (AvgIpc) is 2.88. The first kappa shape index (κ1) is 32.4. The Bertz CT molecular complexity index is 1080. The standard InChI is InChI=1S/C25H35N3O9S/c1-5-8-17(22(32)33)26-19(29)14-9-15(20(30)27-18(12-38)23(34)35)11-16(10-14)21(31)28-25(7-3,24(36)37)13(4)6-2/h9-11,13,17-18,38H,5-8,12H2,1-4H3,(H,26,29)(H,27,30)(H,28,31)(H,32,33)(H,34,35)(H,36,37). The molecule has 0 aliphatic heterocycles. The van der Waals surface area contributed by atoms with Crippen LogP contribution in [0.15, 0.2) is 18.2 Å². The third kappa shape index (κ3) is 7.94. The Morgan fingerprint density at radius 1 is 0.816 bits per heavy atom. The highest BCUT2D eigenvalue weighted by atomic mass is 32.1. The number of carboxylic acid groups (broad SMARTS) is 3. The van der Waals surface area contributed by atoms with Crippen LogP contribution >= 0.6 is 12.6 Å². The Hall–Kier alpha value is -3.61. The monoisotopic (exact) mass is 553 g/mol. The molecule has 0 spiro atoms. The van der Waals surface area contributed by atoms with Crippen LogP contribution < -0.4 is 16.0 Å². The van der Waals surface area contributed by atoms with Gasteiger partial charge < -0.3 is 31.3 Å². The predicted molar refractivity (Wildman–Crippen MR) is 141 cm³/mol. The Kier molecular flexibility index (Phi) is 12.3. The molecule has 13 heteroatoms. The van der Waals surface area contributed by atoms with Crippen molar-refractivity contribution in [3.8, 4) is 0 Å². The molecule has 3 amide bonds. The summed E-state index contributed by atoms with van der Waals surface area (Å²) in [6.07, 6.45) is 1.07. The van der Waals surface area contributed by atoms with Crippen LogP contribution in [-0.2, 0) is 14.4 Å². The minimum absolute atomic E-state index is 0.0517. The molecule has 0 heterocycles. The number of carbonyl (C=O) groups is 6. The maximum Gasteiger partial charge on any atom is 0.329 e. The number of thiol groups is 1. The topological polar surface area (TPSA) is 199 Å². The van der Waals surface area contributed by atoms with Crippen molar-refractivity contribution in [2.24, 2.45) is 5.92 Å². The van der Waals surface area contributed by atoms with Gasteiger partial charge in [-0.25, -0.2) is 14.4 Å². The van der Waals surface area contributed by atoms with E-state index in [1.54, 1.807) is 27.7 Å². The van der Waals surface area contributed by atoms with Crippen molar-refractivity contribution in [2.45, 2.75) is 71.0 Å². The van der Waals surface area contributed by atoms with Gasteiger partial charge in [-0.05, 0) is 37.0 Å². The van der Waals surface area contributed by atoms with E-state index in [4.69, 9.17) is 0 Å². The van der Waals surface area contributed by atoms with Crippen LogP contribution in [0.4, 0.5) is 0 Å². The summed E-state index contributed by atoms with van der Waals surface area (Å²) in [6.45, 7) is 6.78. The molecule has 4 atom stereocenters. The summed E-state index contributed by atoms with van der Waals surface area (Å²) < 4.78 is 0. The molecule has 1 aromatic rings. The van der Waals surface area contributed by atoms with Crippen LogP contribution in [0, 0.1) is 5.92 Å². The molecule has 12 nitrogen and oxygen atoms in total. The fourth-order valence-electron chi connectivity index (χ4n) is 3.83. The van der Waals surface area contributed by atoms with Gasteiger partial charge in [0.2, 0.25) is 0 Å². The molecule has 4 unspecified atom stereocenters. The van der Waals surface area contributed by atoms with E-state index in [1.807, 2.05) is 0 Å². The molecule has 0 bridgehead atoms. The van der Waals surface area contributed by atoms with Crippen LogP contribution in [0.5, 0.6) is 0 Å². The highest BCUT2D eigenvalue weighted by Crippen LogP contribution is 2.26. The smallest absolute Gasteiger partial charge is 0.329 e. The molecule has 0 aliphatic carbocycles. The van der Waals surface area contributed by atoms with Gasteiger partial charge in [0.15, 0.2) is 0 Å². The zero-order chi connectivity index (χ0) is 29.2. The first-order valence-corrected chi connectivity index (χ1v) is 12.8. The number of amides is 3. The van der Waals surface area contributed by atoms with E-state index in [-0.39, 0.29) is 35.3 Å². The highest BCUT2D eigenvalue weighted by molar-refractivity contribution is 7.80. The highest BCUT2D eigenvalue weighted by Gasteiger charge is 2.43. The Morgan fingerprint density at radius 2 is 1.26 bits per heavy atom. The predicted octanol–water partition coefficient (Wildman–Crippen LogP) is 1.79. The molecule has 0 aliphatic rings. The molecule has 1 aromatic carbocycles. The quantitative estimate of drug-likeness (QED) is 0.158. The Morgan fingerprint density at radius 3 is 1.61 bits per heavy atom. The molecule has 38 heavy (non-hydrogen) atoms. The lowest BCUT2D eigenvalue weighted by Gasteiger charge is -2.35. The lowest BCUT2D eigenvalue weighted by atomic mass is 9.80. The van der Waals surface area contributed by atoms with E-state index < -0.39 is 59.2 Å². The summed E-state index contributed by atoms with van der Waals surface area (Å²) in [5.41, 5.74) is -2.39. The summed E-state index contributed by atoms with van der Waals surface area (Å²) in [4.78, 5) is 74.1. The van der Waals surface area contributed by atoms with Gasteiger partial charge in [0, 0.05) is 22.4 Å². The second-order valence-corrected chi connectivity index (χ2v) is 9.26. The van der Waals surface area contributed by atoms with E-state index in [0.717, 1.165) is 18.2 Å². The van der Waals surface area contributed by atoms with E-state index >= 15 is 0 Å². The van der Waals surface area contributed by atoms with E-state index in [1.165, 1.54) is 0 Å². The fourth-order valence-corrected chi connectivity index (χ4v) is 4.08. The molecule has 0 saturated heterocycles. The van der Waals surface area contributed by atoms with Crippen molar-refractivity contribution in [3.63, 3.8) is 0 Å². The second-order valence-electron chi connectivity index (χ2n) is 8.89. The van der Waals surface area contributed by atoms with Crippen LogP contribution in [-0.4, -0.2) is 74.3 Å². The zero-order valence-corrected chi connectivity index (χ0v) is 22.6. The average molecular weight is 554 g/mol. The fraction of sp³-hybridized carbons (Fsp3) is 0.520. The van der Waals surface area contributed by atoms with Gasteiger partial charge in [-0.1, -0.05) is 40.5 Å². The molecule has 1 rings (SSSR count). The summed E-state index contributed by atoms with van der Waals surface area (Å²) in [5.74, 6) is -7.29. The maximum atomic E-state index is 13.3. The normalized spacial score (nSPS) is 14.8. The summed E-state index contributed by atoms with van der Waals surface area (Å²) in [6, 6.07) is 0.694. The molecule has 0 radical (unpaired) electrons. The first-order chi connectivity index (χ1) is 17.8. The van der Waals surface area contributed by atoms with Crippen LogP contribution in [0.25, 0.3) is 0 Å². The zero-order valence-electron chi connectivity index (χ0n) is 21.7. The minimum atomic E-state index is -1.64. The van der Waals surface area contributed by atoms with E-state index in [2.05, 4.69) is 28.6 Å². The Labute approximate surface area is 226 Å². The van der Waals surface area contributed by atoms with Crippen molar-refractivity contribution in [1.82, 2.24) is 16.0 Å². The number of rotatable bonds is 15. The maximum absolute atomic E-state index is 13.3. The van der Waals surface area contributed by atoms with Crippen molar-refractivity contribution < 1.29 is 44.1 Å². The number of nitrogens with one attached hydrogen (secondary N) is 3. The van der Waals surface area contributed by atoms with Gasteiger partial charge in [0.1, 0.15) is 17.6 Å². The van der Waals surface area contributed by atoms with Crippen molar-refractivity contribution >= 4 is 48.3 Å². The first-order valence-electron chi connectivity index (χ1n) is 12.2. The minimum Gasteiger partial charge on any atom is -0.480 e. The largest absolute Gasteiger partial charge is 0.480 e. The molecule has 0 saturated carbocycles. The van der Waals surface area contributed by atoms with Gasteiger partial charge in [0.05, 0.1) is 0 Å². The summed E-state index contributed by atoms with van der Waals surface area (Å²) in [5, 5.41) is 35.6. The van der Waals surface area contributed by atoms with Gasteiger partial charge in [-0.3, -0.25) is 14.4 Å². The van der Waals surface area contributed by atoms with Gasteiger partial charge in [-0.15, -0.1) is 0 Å². The number of aliphatic carboxylic acids is 3. The molecular weight excluding hydrogens is 518 g/mol. The molecule has 0 fully saturated rings. The van der Waals surface area contributed by atoms with Crippen molar-refractivity contribution in [3.05, 3.63) is 34.9 Å². The van der Waals surface area contributed by atoms with Crippen LogP contribution in [0.2, 0.25) is 0 Å². The van der Waals surface area contributed by atoms with Crippen LogP contribution in [0.3, 0.4) is 0 Å². The number of hydrogen-bond acceptors (Lipinski definition) is 7. The molecule has 6 N–H and O–H groups in total. The lowest BCUT2D eigenvalue weighted by Crippen LogP contribution is -2.58. The van der Waals surface area contributed by atoms with Crippen LogP contribution in [0.1, 0.15) is 84.5 Å². The van der Waals surface area contributed by atoms with Gasteiger partial charge >= 0.3 is 17.9 Å². The third-order valence-corrected chi connectivity index (χ3v) is 6.78. The lowest BCUT2D eigenvalue weighted by molar-refractivity contribution is -0.147. The number of carboxylic acids is 3. The summed E-state index contributed by atoms with van der Waals surface area (Å²) >= 11 is 3.89. The number of benzene rings is 1. The molecule has 0 aromatic heterocycles. The molecule has 210 valence electrons. The van der Waals surface area contributed by atoms with Gasteiger partial charge in [-0.2, -0.15) is 12.6 Å². The SMILES string of the molecule is CCCC(NC(=O)c1cc(C(=O)NC(CS)C(=O)O)cc(C(=O)NC(CC)(C(=O)O)C(C)CC)c1)C(=O)O. The van der Waals surface area contributed by atoms with E-state index in [0.29, 0.717) is 12.8 Å². The Balaban J connectivity index is 3.59. The van der Waals surface area contributed by atoms with Crippen molar-refractivity contribution in [2.75, 3.05) is 5.75 Å². The van der Waals surface area contributed by atoms with Gasteiger partial charge in [0.25, 0.3) is 17.7 Å². The summed E-state index contributed by atoms with van der Waals surface area (Å²) in [7, 11) is 0. The molecular formula is C25H35N3O9S. The second kappa shape index (κ2) is 14.4. The van der Waals surface area contributed by atoms with Crippen molar-refractivity contribution in [1.29, 1.82) is 0 Å². The van der Waals surface area contributed by atoms with E-state index in [9.17, 15) is 44.1 Å². The third-order valence-electron chi connectivity index (χ3n) is 6.42. The number of carbonyl (C=O) groups excluding carboxylic acids is 3.